The van der Waals surface area contributed by atoms with E-state index in [1.807, 2.05) is 0 Å². The Bertz CT molecular complexity index is 891. The maximum Gasteiger partial charge on any atom is 0.320 e. The molecule has 0 fully saturated rings. The van der Waals surface area contributed by atoms with Gasteiger partial charge in [-0.1, -0.05) is 25.5 Å². The van der Waals surface area contributed by atoms with Gasteiger partial charge in [-0.3, -0.25) is 10.1 Å². The average molecular weight is 342 g/mol. The monoisotopic (exact) mass is 342 g/mol. The number of fused-ring (bicyclic) bond motifs is 1. The van der Waals surface area contributed by atoms with Crippen LogP contribution in [0.25, 0.3) is 11.2 Å². The summed E-state index contributed by atoms with van der Waals surface area (Å²) in [6, 6.07) is 6.57. The summed E-state index contributed by atoms with van der Waals surface area (Å²) in [4.78, 5) is 23.1. The van der Waals surface area contributed by atoms with E-state index in [1.165, 1.54) is 12.1 Å². The Labute approximate surface area is 143 Å². The molecular weight excluding hydrogens is 324 g/mol. The number of rotatable bonds is 7. The molecule has 0 radical (unpaired) electrons. The van der Waals surface area contributed by atoms with Crippen molar-refractivity contribution in [1.82, 2.24) is 19.5 Å². The molecule has 2 N–H and O–H groups in total. The number of benzene rings is 1. The van der Waals surface area contributed by atoms with Gasteiger partial charge in [-0.25, -0.2) is 4.98 Å². The third-order valence-corrected chi connectivity index (χ3v) is 3.70. The summed E-state index contributed by atoms with van der Waals surface area (Å²) < 4.78 is 7.34. The maximum absolute atomic E-state index is 10.7. The van der Waals surface area contributed by atoms with Gasteiger partial charge in [-0.2, -0.15) is 9.97 Å². The molecule has 0 saturated carbocycles. The highest BCUT2D eigenvalue weighted by molar-refractivity contribution is 5.81. The van der Waals surface area contributed by atoms with Crippen LogP contribution in [0.2, 0.25) is 0 Å². The van der Waals surface area contributed by atoms with E-state index in [1.54, 1.807) is 23.0 Å². The SMILES string of the molecule is CCCCOc1nc(N)c2ncn(Cc3ccc([N+](=O)[O-])cc3)c2n1. The van der Waals surface area contributed by atoms with E-state index in [-0.39, 0.29) is 17.5 Å². The zero-order valence-electron chi connectivity index (χ0n) is 13.8. The van der Waals surface area contributed by atoms with Gasteiger partial charge in [0.1, 0.15) is 0 Å². The van der Waals surface area contributed by atoms with E-state index in [4.69, 9.17) is 10.5 Å². The van der Waals surface area contributed by atoms with Gasteiger partial charge in [-0.15, -0.1) is 0 Å². The van der Waals surface area contributed by atoms with Crippen LogP contribution in [0, 0.1) is 10.1 Å². The van der Waals surface area contributed by atoms with E-state index in [2.05, 4.69) is 21.9 Å². The fraction of sp³-hybridized carbons (Fsp3) is 0.312. The summed E-state index contributed by atoms with van der Waals surface area (Å²) in [5.74, 6) is 0.263. The molecule has 0 aliphatic heterocycles. The minimum atomic E-state index is -0.426. The Balaban J connectivity index is 1.86. The summed E-state index contributed by atoms with van der Waals surface area (Å²) >= 11 is 0. The zero-order chi connectivity index (χ0) is 17.8. The first-order valence-corrected chi connectivity index (χ1v) is 7.93. The molecule has 3 rings (SSSR count). The summed E-state index contributed by atoms with van der Waals surface area (Å²) in [6.07, 6.45) is 3.53. The standard InChI is InChI=1S/C16H18N6O3/c1-2-3-8-25-16-19-14(17)13-15(20-16)21(10-18-13)9-11-4-6-12(7-5-11)22(23)24/h4-7,10H,2-3,8-9H2,1H3,(H2,17,19,20). The van der Waals surface area contributed by atoms with E-state index >= 15 is 0 Å². The van der Waals surface area contributed by atoms with Crippen molar-refractivity contribution < 1.29 is 9.66 Å². The number of nitrogen functional groups attached to an aromatic ring is 1. The summed E-state index contributed by atoms with van der Waals surface area (Å²) in [5, 5.41) is 10.7. The predicted molar refractivity (Wildman–Crippen MR) is 92.3 cm³/mol. The third kappa shape index (κ3) is 3.65. The number of ether oxygens (including phenoxy) is 1. The first-order valence-electron chi connectivity index (χ1n) is 7.93. The van der Waals surface area contributed by atoms with E-state index in [0.717, 1.165) is 18.4 Å². The number of hydrogen-bond donors (Lipinski definition) is 1. The lowest BCUT2D eigenvalue weighted by Gasteiger charge is -2.07. The Morgan fingerprint density at radius 2 is 2.04 bits per heavy atom. The molecule has 2 heterocycles. The molecular formula is C16H18N6O3. The fourth-order valence-corrected chi connectivity index (χ4v) is 2.35. The number of nitro benzene ring substituents is 1. The average Bonchev–Trinajstić information content (AvgIpc) is 2.99. The molecule has 9 heteroatoms. The van der Waals surface area contributed by atoms with E-state index < -0.39 is 4.92 Å². The van der Waals surface area contributed by atoms with Crippen LogP contribution < -0.4 is 10.5 Å². The summed E-state index contributed by atoms with van der Waals surface area (Å²) in [7, 11) is 0. The molecule has 130 valence electrons. The molecule has 3 aromatic rings. The largest absolute Gasteiger partial charge is 0.463 e. The third-order valence-electron chi connectivity index (χ3n) is 3.70. The number of nitrogens with two attached hydrogens (primary N) is 1. The lowest BCUT2D eigenvalue weighted by atomic mass is 10.2. The van der Waals surface area contributed by atoms with Crippen molar-refractivity contribution in [2.24, 2.45) is 0 Å². The number of nitro groups is 1. The number of imidazole rings is 1. The minimum Gasteiger partial charge on any atom is -0.463 e. The number of nitrogens with zero attached hydrogens (tertiary/aromatic N) is 5. The molecule has 0 spiro atoms. The van der Waals surface area contributed by atoms with Crippen molar-refractivity contribution in [3.8, 4) is 6.01 Å². The zero-order valence-corrected chi connectivity index (χ0v) is 13.8. The molecule has 0 amide bonds. The molecule has 1 aromatic carbocycles. The second-order valence-electron chi connectivity index (χ2n) is 5.56. The van der Waals surface area contributed by atoms with Crippen molar-refractivity contribution in [3.05, 3.63) is 46.3 Å². The van der Waals surface area contributed by atoms with Crippen LogP contribution in [-0.4, -0.2) is 31.0 Å². The van der Waals surface area contributed by atoms with Crippen molar-refractivity contribution in [2.75, 3.05) is 12.3 Å². The van der Waals surface area contributed by atoms with Crippen molar-refractivity contribution >= 4 is 22.7 Å². The van der Waals surface area contributed by atoms with Crippen molar-refractivity contribution in [2.45, 2.75) is 26.3 Å². The highest BCUT2D eigenvalue weighted by atomic mass is 16.6. The molecule has 25 heavy (non-hydrogen) atoms. The number of non-ortho nitro benzene ring substituents is 1. The number of aromatic nitrogens is 4. The predicted octanol–water partition coefficient (Wildman–Crippen LogP) is 2.54. The van der Waals surface area contributed by atoms with Crippen LogP contribution in [0.3, 0.4) is 0 Å². The van der Waals surface area contributed by atoms with Gasteiger partial charge in [0, 0.05) is 12.1 Å². The Morgan fingerprint density at radius 1 is 1.28 bits per heavy atom. The van der Waals surface area contributed by atoms with Gasteiger partial charge in [0.2, 0.25) is 0 Å². The second kappa shape index (κ2) is 7.12. The Hall–Kier alpha value is -3.23. The quantitative estimate of drug-likeness (QED) is 0.397. The van der Waals surface area contributed by atoms with Crippen molar-refractivity contribution in [3.63, 3.8) is 0 Å². The Kier molecular flexibility index (Phi) is 4.73. The van der Waals surface area contributed by atoms with Gasteiger partial charge in [0.25, 0.3) is 5.69 Å². The first-order chi connectivity index (χ1) is 12.1. The van der Waals surface area contributed by atoms with Crippen LogP contribution in [0.5, 0.6) is 6.01 Å². The smallest absolute Gasteiger partial charge is 0.320 e. The molecule has 0 saturated heterocycles. The van der Waals surface area contributed by atoms with Gasteiger partial charge < -0.3 is 15.0 Å². The molecule has 0 aliphatic carbocycles. The van der Waals surface area contributed by atoms with Crippen LogP contribution in [0.15, 0.2) is 30.6 Å². The van der Waals surface area contributed by atoms with Crippen LogP contribution in [-0.2, 0) is 6.54 Å². The molecule has 9 nitrogen and oxygen atoms in total. The highest BCUT2D eigenvalue weighted by Gasteiger charge is 2.13. The maximum atomic E-state index is 10.7. The topological polar surface area (TPSA) is 122 Å². The van der Waals surface area contributed by atoms with Crippen LogP contribution in [0.4, 0.5) is 11.5 Å². The van der Waals surface area contributed by atoms with Crippen LogP contribution >= 0.6 is 0 Å². The van der Waals surface area contributed by atoms with Gasteiger partial charge in [0.15, 0.2) is 17.0 Å². The highest BCUT2D eigenvalue weighted by Crippen LogP contribution is 2.21. The number of hydrogen-bond acceptors (Lipinski definition) is 7. The van der Waals surface area contributed by atoms with E-state index in [0.29, 0.717) is 24.3 Å². The second-order valence-corrected chi connectivity index (χ2v) is 5.56. The molecule has 0 unspecified atom stereocenters. The molecule has 0 atom stereocenters. The molecule has 0 aliphatic rings. The normalized spacial score (nSPS) is 10.9. The fourth-order valence-electron chi connectivity index (χ4n) is 2.35. The van der Waals surface area contributed by atoms with Crippen LogP contribution in [0.1, 0.15) is 25.3 Å². The van der Waals surface area contributed by atoms with E-state index in [9.17, 15) is 10.1 Å². The van der Waals surface area contributed by atoms with Crippen molar-refractivity contribution in [1.29, 1.82) is 0 Å². The lowest BCUT2D eigenvalue weighted by molar-refractivity contribution is -0.384. The van der Waals surface area contributed by atoms with Gasteiger partial charge in [0.05, 0.1) is 24.4 Å². The van der Waals surface area contributed by atoms with Gasteiger partial charge >= 0.3 is 6.01 Å². The first kappa shape index (κ1) is 16.6. The molecule has 2 aromatic heterocycles. The molecule has 0 bridgehead atoms. The lowest BCUT2D eigenvalue weighted by Crippen LogP contribution is -2.06. The van der Waals surface area contributed by atoms with Gasteiger partial charge in [-0.05, 0) is 12.0 Å². The Morgan fingerprint density at radius 3 is 2.72 bits per heavy atom. The minimum absolute atomic E-state index is 0.0532. The number of unbranched alkanes of at least 4 members (excludes halogenated alkanes) is 1. The number of anilines is 1. The summed E-state index contributed by atoms with van der Waals surface area (Å²) in [6.45, 7) is 3.05. The summed E-state index contributed by atoms with van der Waals surface area (Å²) in [5.41, 5.74) is 7.95.